The van der Waals surface area contributed by atoms with E-state index in [0.29, 0.717) is 18.8 Å². The quantitative estimate of drug-likeness (QED) is 0.563. The Bertz CT molecular complexity index is 1170. The molecule has 2 aromatic carbocycles. The number of nitrogens with zero attached hydrogens (tertiary/aromatic N) is 1. The highest BCUT2D eigenvalue weighted by atomic mass is 32.2. The first-order chi connectivity index (χ1) is 15.4. The third-order valence-corrected chi connectivity index (χ3v) is 6.66. The highest BCUT2D eigenvalue weighted by Crippen LogP contribution is 2.38. The van der Waals surface area contributed by atoms with Gasteiger partial charge in [0, 0.05) is 29.4 Å². The topological polar surface area (TPSA) is 84.9 Å². The molecule has 32 heavy (non-hydrogen) atoms. The summed E-state index contributed by atoms with van der Waals surface area (Å²) in [5.41, 5.74) is 3.44. The van der Waals surface area contributed by atoms with E-state index in [-0.39, 0.29) is 18.3 Å². The van der Waals surface area contributed by atoms with Crippen molar-refractivity contribution in [3.8, 4) is 0 Å². The van der Waals surface area contributed by atoms with E-state index < -0.39 is 11.9 Å². The van der Waals surface area contributed by atoms with Gasteiger partial charge in [-0.15, -0.1) is 0 Å². The molecule has 168 valence electrons. The van der Waals surface area contributed by atoms with Crippen LogP contribution in [0, 0.1) is 20.8 Å². The predicted molar refractivity (Wildman–Crippen MR) is 122 cm³/mol. The van der Waals surface area contributed by atoms with Crippen LogP contribution in [0.4, 0.5) is 5.69 Å². The van der Waals surface area contributed by atoms with E-state index in [0.717, 1.165) is 17.1 Å². The van der Waals surface area contributed by atoms with Crippen molar-refractivity contribution >= 4 is 23.4 Å². The number of piperazine rings is 1. The number of nitrogens with one attached hydrogen (secondary N) is 1. The van der Waals surface area contributed by atoms with E-state index in [9.17, 15) is 9.59 Å². The predicted octanol–water partition coefficient (Wildman–Crippen LogP) is 3.83. The monoisotopic (exact) mass is 454 g/mol. The highest BCUT2D eigenvalue weighted by Gasteiger charge is 2.32. The van der Waals surface area contributed by atoms with E-state index in [1.807, 2.05) is 18.2 Å². The van der Waals surface area contributed by atoms with E-state index in [2.05, 4.69) is 48.3 Å². The van der Waals surface area contributed by atoms with Crippen LogP contribution >= 0.6 is 11.8 Å². The van der Waals surface area contributed by atoms with Gasteiger partial charge in [-0.05, 0) is 44.5 Å². The minimum Gasteiger partial charge on any atom is -0.456 e. The molecule has 0 bridgehead atoms. The summed E-state index contributed by atoms with van der Waals surface area (Å²) in [4.78, 5) is 28.6. The first kappa shape index (κ1) is 22.2. The van der Waals surface area contributed by atoms with Crippen LogP contribution in [-0.2, 0) is 16.1 Å². The molecular weight excluding hydrogens is 428 g/mol. The number of anilines is 1. The van der Waals surface area contributed by atoms with Gasteiger partial charge in [-0.25, -0.2) is 9.59 Å². The Balaban J connectivity index is 1.55. The Labute approximate surface area is 190 Å². The van der Waals surface area contributed by atoms with Crippen molar-refractivity contribution in [2.45, 2.75) is 43.2 Å². The number of esters is 1. The van der Waals surface area contributed by atoms with Gasteiger partial charge in [0.25, 0.3) is 0 Å². The van der Waals surface area contributed by atoms with Gasteiger partial charge in [0.1, 0.15) is 6.04 Å². The summed E-state index contributed by atoms with van der Waals surface area (Å²) >= 11 is 1.70. The maximum atomic E-state index is 13.0. The lowest BCUT2D eigenvalue weighted by Gasteiger charge is -2.37. The fourth-order valence-corrected chi connectivity index (χ4v) is 4.78. The first-order valence-corrected chi connectivity index (χ1v) is 11.3. The fourth-order valence-electron chi connectivity index (χ4n) is 3.76. The van der Waals surface area contributed by atoms with Crippen LogP contribution in [0.3, 0.4) is 0 Å². The fraction of sp³-hybridized carbons (Fsp3) is 0.333. The summed E-state index contributed by atoms with van der Waals surface area (Å²) < 4.78 is 15.3. The summed E-state index contributed by atoms with van der Waals surface area (Å²) in [6, 6.07) is 14.0. The molecule has 0 spiro atoms. The van der Waals surface area contributed by atoms with Gasteiger partial charge in [-0.1, -0.05) is 41.6 Å². The highest BCUT2D eigenvalue weighted by molar-refractivity contribution is 7.99. The Kier molecular flexibility index (Phi) is 6.72. The Morgan fingerprint density at radius 1 is 1.16 bits per heavy atom. The van der Waals surface area contributed by atoms with Gasteiger partial charge in [0.05, 0.1) is 5.69 Å². The lowest BCUT2D eigenvalue weighted by Crippen LogP contribution is -2.55. The van der Waals surface area contributed by atoms with Crippen LogP contribution in [0.1, 0.15) is 22.6 Å². The number of hydrogen-bond donors (Lipinski definition) is 1. The second-order valence-corrected chi connectivity index (χ2v) is 8.88. The van der Waals surface area contributed by atoms with E-state index in [4.69, 9.17) is 13.6 Å². The van der Waals surface area contributed by atoms with Crippen LogP contribution < -0.4 is 16.0 Å². The molecule has 8 heteroatoms. The van der Waals surface area contributed by atoms with Gasteiger partial charge in [0.2, 0.25) is 0 Å². The SMILES string of the molecule is Cc1ccc(Sc2ccccc2N2CCNCC2C(=O)OCc2oc(=O)oc2C)c(C)c1. The van der Waals surface area contributed by atoms with Crippen molar-refractivity contribution in [2.75, 3.05) is 24.5 Å². The van der Waals surface area contributed by atoms with E-state index in [1.54, 1.807) is 18.7 Å². The Hall–Kier alpha value is -2.97. The number of para-hydroxylation sites is 1. The molecule has 1 atom stereocenters. The number of aryl methyl sites for hydroxylation is 3. The summed E-state index contributed by atoms with van der Waals surface area (Å²) in [7, 11) is 0. The van der Waals surface area contributed by atoms with Gasteiger partial charge in [-0.2, -0.15) is 0 Å². The number of rotatable bonds is 6. The van der Waals surface area contributed by atoms with Crippen LogP contribution in [0.25, 0.3) is 0 Å². The van der Waals surface area contributed by atoms with E-state index >= 15 is 0 Å². The molecule has 1 unspecified atom stereocenters. The number of benzene rings is 2. The molecule has 3 aromatic rings. The maximum Gasteiger partial charge on any atom is 0.519 e. The molecular formula is C24H26N2O5S. The van der Waals surface area contributed by atoms with Gasteiger partial charge >= 0.3 is 11.8 Å². The van der Waals surface area contributed by atoms with Crippen LogP contribution in [0.2, 0.25) is 0 Å². The average Bonchev–Trinajstić information content (AvgIpc) is 3.11. The zero-order valence-corrected chi connectivity index (χ0v) is 19.2. The Morgan fingerprint density at radius 3 is 2.72 bits per heavy atom. The van der Waals surface area contributed by atoms with Crippen molar-refractivity contribution in [3.05, 3.63) is 75.7 Å². The molecule has 4 rings (SSSR count). The second-order valence-electron chi connectivity index (χ2n) is 7.79. The van der Waals surface area contributed by atoms with Crippen molar-refractivity contribution in [2.24, 2.45) is 0 Å². The van der Waals surface area contributed by atoms with Crippen molar-refractivity contribution in [1.29, 1.82) is 0 Å². The molecule has 7 nitrogen and oxygen atoms in total. The number of hydrogen-bond acceptors (Lipinski definition) is 8. The molecule has 1 aliphatic heterocycles. The Morgan fingerprint density at radius 2 is 1.97 bits per heavy atom. The minimum atomic E-state index is -0.799. The summed E-state index contributed by atoms with van der Waals surface area (Å²) in [5.74, 6) is -0.639. The normalized spacial score (nSPS) is 16.2. The maximum absolute atomic E-state index is 13.0. The molecule has 1 saturated heterocycles. The third kappa shape index (κ3) is 4.92. The zero-order valence-electron chi connectivity index (χ0n) is 18.3. The summed E-state index contributed by atoms with van der Waals surface area (Å²) in [5, 5.41) is 3.27. The first-order valence-electron chi connectivity index (χ1n) is 10.5. The van der Waals surface area contributed by atoms with Crippen molar-refractivity contribution in [3.63, 3.8) is 0 Å². The largest absolute Gasteiger partial charge is 0.519 e. The second kappa shape index (κ2) is 9.67. The van der Waals surface area contributed by atoms with Crippen molar-refractivity contribution < 1.29 is 18.4 Å². The number of ether oxygens (including phenoxy) is 1. The van der Waals surface area contributed by atoms with Crippen LogP contribution in [0.15, 0.2) is 65.9 Å². The number of carbonyl (C=O) groups is 1. The molecule has 1 fully saturated rings. The molecule has 1 aliphatic rings. The average molecular weight is 455 g/mol. The summed E-state index contributed by atoms with van der Waals surface area (Å²) in [6.45, 7) is 7.56. The van der Waals surface area contributed by atoms with E-state index in [1.165, 1.54) is 16.0 Å². The lowest BCUT2D eigenvalue weighted by atomic mass is 10.1. The molecule has 1 N–H and O–H groups in total. The minimum absolute atomic E-state index is 0.139. The molecule has 2 heterocycles. The summed E-state index contributed by atoms with van der Waals surface area (Å²) in [6.07, 6.45) is 0. The smallest absolute Gasteiger partial charge is 0.456 e. The molecule has 0 saturated carbocycles. The molecule has 1 aromatic heterocycles. The standard InChI is InChI=1S/C24H26N2O5S/c1-15-8-9-21(16(2)12-15)32-22-7-5-4-6-18(22)26-11-10-25-13-19(26)23(27)29-14-20-17(3)30-24(28)31-20/h4-9,12,19,25H,10-11,13-14H2,1-3H3. The van der Waals surface area contributed by atoms with Gasteiger partial charge < -0.3 is 23.8 Å². The lowest BCUT2D eigenvalue weighted by molar-refractivity contribution is -0.147. The van der Waals surface area contributed by atoms with Crippen LogP contribution in [0.5, 0.6) is 0 Å². The van der Waals surface area contributed by atoms with Gasteiger partial charge in [-0.3, -0.25) is 0 Å². The van der Waals surface area contributed by atoms with Crippen molar-refractivity contribution in [1.82, 2.24) is 5.32 Å². The molecule has 0 amide bonds. The molecule has 0 radical (unpaired) electrons. The van der Waals surface area contributed by atoms with Crippen LogP contribution in [-0.4, -0.2) is 31.6 Å². The van der Waals surface area contributed by atoms with Gasteiger partial charge in [0.15, 0.2) is 18.1 Å². The zero-order chi connectivity index (χ0) is 22.7. The third-order valence-electron chi connectivity index (χ3n) is 5.42. The number of carbonyl (C=O) groups excluding carboxylic acids is 1. The molecule has 0 aliphatic carbocycles.